The van der Waals surface area contributed by atoms with Crippen LogP contribution in [-0.2, 0) is 4.79 Å². The summed E-state index contributed by atoms with van der Waals surface area (Å²) in [6, 6.07) is 1.63. The van der Waals surface area contributed by atoms with Crippen molar-refractivity contribution in [2.75, 3.05) is 0 Å². The molecule has 16 heavy (non-hydrogen) atoms. The number of carbonyl (C=O) groups is 1. The lowest BCUT2D eigenvalue weighted by Gasteiger charge is -2.13. The summed E-state index contributed by atoms with van der Waals surface area (Å²) in [5, 5.41) is 18.5. The van der Waals surface area contributed by atoms with Gasteiger partial charge < -0.3 is 20.8 Å². The molecule has 0 fully saturated rings. The molecule has 0 spiro atoms. The first-order chi connectivity index (χ1) is 7.41. The van der Waals surface area contributed by atoms with Crippen LogP contribution in [-0.4, -0.2) is 27.0 Å². The minimum absolute atomic E-state index is 0.259. The lowest BCUT2D eigenvalue weighted by molar-refractivity contribution is -0.147. The first-order valence-corrected chi connectivity index (χ1v) is 4.99. The van der Waals surface area contributed by atoms with Crippen LogP contribution in [0.5, 0.6) is 11.8 Å². The van der Waals surface area contributed by atoms with E-state index in [1.54, 1.807) is 0 Å². The topological polar surface area (TPSA) is 97.7 Å². The van der Waals surface area contributed by atoms with E-state index in [2.05, 4.69) is 0 Å². The molecule has 0 radical (unpaired) electrons. The third kappa shape index (κ3) is 2.90. The van der Waals surface area contributed by atoms with Crippen molar-refractivity contribution in [2.45, 2.75) is 26.3 Å². The van der Waals surface area contributed by atoms with Crippen molar-refractivity contribution in [3.8, 4) is 11.8 Å². The van der Waals surface area contributed by atoms with Gasteiger partial charge in [0.2, 0.25) is 11.8 Å². The molecule has 1 atom stereocenters. The van der Waals surface area contributed by atoms with Crippen LogP contribution in [0.2, 0.25) is 0 Å². The smallest absolute Gasteiger partial charge is 0.349 e. The lowest BCUT2D eigenvalue weighted by Crippen LogP contribution is -2.38. The number of rotatable bonds is 4. The highest BCUT2D eigenvalue weighted by Gasteiger charge is 2.20. The summed E-state index contributed by atoms with van der Waals surface area (Å²) in [5.74, 6) is -1.16. The summed E-state index contributed by atoms with van der Waals surface area (Å²) >= 11 is 0. The van der Waals surface area contributed by atoms with Crippen LogP contribution in [0.3, 0.4) is 0 Å². The van der Waals surface area contributed by atoms with E-state index in [1.807, 2.05) is 13.8 Å². The minimum Gasteiger partial charge on any atom is -0.492 e. The fraction of sp³-hybridized carbons (Fsp3) is 0.500. The van der Waals surface area contributed by atoms with Gasteiger partial charge in [0.25, 0.3) is 0 Å². The summed E-state index contributed by atoms with van der Waals surface area (Å²) in [6.45, 7) is 3.86. The van der Waals surface area contributed by atoms with Gasteiger partial charge >= 0.3 is 5.97 Å². The zero-order valence-corrected chi connectivity index (χ0v) is 9.25. The number of nitrogens with two attached hydrogens (primary N) is 1. The molecule has 6 nitrogen and oxygen atoms in total. The first kappa shape index (κ1) is 12.4. The Hall–Kier alpha value is -1.69. The third-order valence-electron chi connectivity index (χ3n) is 2.01. The fourth-order valence-corrected chi connectivity index (χ4v) is 1.26. The molecular weight excluding hydrogens is 213 g/mol. The second kappa shape index (κ2) is 4.89. The summed E-state index contributed by atoms with van der Waals surface area (Å²) in [7, 11) is 0. The molecule has 0 aliphatic carbocycles. The number of carbonyl (C=O) groups excluding carboxylic acids is 1. The number of aromatic hydroxyl groups is 2. The van der Waals surface area contributed by atoms with Crippen LogP contribution in [0.1, 0.15) is 20.3 Å². The number of nitrogens with zero attached hydrogens (tertiary/aromatic N) is 1. The molecule has 1 aromatic rings. The van der Waals surface area contributed by atoms with Gasteiger partial charge in [0.15, 0.2) is 0 Å². The largest absolute Gasteiger partial charge is 0.492 e. The van der Waals surface area contributed by atoms with Crippen LogP contribution in [0.15, 0.2) is 12.1 Å². The normalized spacial score (nSPS) is 12.8. The average Bonchev–Trinajstić information content (AvgIpc) is 2.48. The molecule has 0 aliphatic rings. The lowest BCUT2D eigenvalue weighted by atomic mass is 10.1. The number of hydrogen-bond acceptors (Lipinski definition) is 5. The SMILES string of the molecule is CC(C)CC([15NH2])C(=O)On1c(O)ccc1O. The van der Waals surface area contributed by atoms with E-state index in [9.17, 15) is 15.0 Å². The van der Waals surface area contributed by atoms with E-state index >= 15 is 0 Å². The standard InChI is InChI=1S/C10H16N2O4/c1-6(2)5-7(11)10(15)16-12-8(13)3-4-9(12)14/h3-4,6-7,13-14H,5,11H2,1-2H3/i11+1. The summed E-state index contributed by atoms with van der Waals surface area (Å²) < 4.78 is 0.628. The van der Waals surface area contributed by atoms with Crippen molar-refractivity contribution in [3.63, 3.8) is 0 Å². The Labute approximate surface area is 93.2 Å². The molecule has 1 heterocycles. The van der Waals surface area contributed by atoms with E-state index in [4.69, 9.17) is 10.6 Å². The Morgan fingerprint density at radius 2 is 1.94 bits per heavy atom. The summed E-state index contributed by atoms with van der Waals surface area (Å²) in [5.41, 5.74) is 5.58. The highest BCUT2D eigenvalue weighted by molar-refractivity contribution is 5.75. The summed E-state index contributed by atoms with van der Waals surface area (Å²) in [4.78, 5) is 16.2. The monoisotopic (exact) mass is 229 g/mol. The van der Waals surface area contributed by atoms with Gasteiger partial charge in [-0.05, 0) is 12.3 Å². The van der Waals surface area contributed by atoms with E-state index in [1.165, 1.54) is 12.1 Å². The van der Waals surface area contributed by atoms with E-state index < -0.39 is 12.0 Å². The Bertz CT molecular complexity index is 353. The molecule has 1 aromatic heterocycles. The quantitative estimate of drug-likeness (QED) is 0.642. The Morgan fingerprint density at radius 3 is 2.38 bits per heavy atom. The van der Waals surface area contributed by atoms with Crippen LogP contribution in [0, 0.1) is 5.92 Å². The van der Waals surface area contributed by atoms with E-state index in [0.717, 1.165) is 0 Å². The highest BCUT2D eigenvalue weighted by atomic mass is 16.7. The molecule has 0 aliphatic heterocycles. The average molecular weight is 229 g/mol. The van der Waals surface area contributed by atoms with Crippen molar-refractivity contribution < 1.29 is 19.8 Å². The van der Waals surface area contributed by atoms with Crippen LogP contribution in [0.25, 0.3) is 0 Å². The van der Waals surface area contributed by atoms with Gasteiger partial charge in [0.05, 0.1) is 0 Å². The molecular formula is C10H16N2O4. The second-order valence-corrected chi connectivity index (χ2v) is 3.99. The number of hydrogen-bond donors (Lipinski definition) is 3. The van der Waals surface area contributed by atoms with Crippen LogP contribution < -0.4 is 10.6 Å². The molecule has 0 amide bonds. The first-order valence-electron chi connectivity index (χ1n) is 4.99. The zero-order valence-electron chi connectivity index (χ0n) is 9.25. The van der Waals surface area contributed by atoms with Gasteiger partial charge in [-0.2, -0.15) is 0 Å². The zero-order chi connectivity index (χ0) is 12.3. The minimum atomic E-state index is -0.777. The third-order valence-corrected chi connectivity index (χ3v) is 2.01. The Morgan fingerprint density at radius 1 is 1.44 bits per heavy atom. The van der Waals surface area contributed by atoms with Crippen molar-refractivity contribution in [2.24, 2.45) is 11.7 Å². The van der Waals surface area contributed by atoms with E-state index in [-0.39, 0.29) is 17.7 Å². The van der Waals surface area contributed by atoms with Crippen LogP contribution in [0.4, 0.5) is 0 Å². The maximum absolute atomic E-state index is 11.5. The maximum Gasteiger partial charge on any atom is 0.349 e. The molecule has 0 bridgehead atoms. The Kier molecular flexibility index (Phi) is 3.78. The molecule has 1 rings (SSSR count). The molecule has 0 saturated heterocycles. The predicted octanol–water partition coefficient (Wildman–Crippen LogP) is 0.228. The van der Waals surface area contributed by atoms with Gasteiger partial charge in [0, 0.05) is 12.1 Å². The predicted molar refractivity (Wildman–Crippen MR) is 56.8 cm³/mol. The van der Waals surface area contributed by atoms with Gasteiger partial charge in [-0.15, -0.1) is 4.73 Å². The van der Waals surface area contributed by atoms with Gasteiger partial charge in [-0.1, -0.05) is 13.8 Å². The second-order valence-electron chi connectivity index (χ2n) is 3.99. The fourth-order valence-electron chi connectivity index (χ4n) is 1.26. The Balaban J connectivity index is 2.64. The van der Waals surface area contributed by atoms with Crippen molar-refractivity contribution in [1.82, 2.24) is 4.73 Å². The van der Waals surface area contributed by atoms with E-state index in [0.29, 0.717) is 11.2 Å². The van der Waals surface area contributed by atoms with Crippen molar-refractivity contribution >= 4 is 5.97 Å². The van der Waals surface area contributed by atoms with Crippen molar-refractivity contribution in [1.29, 1.82) is 0 Å². The summed E-state index contributed by atoms with van der Waals surface area (Å²) in [6.07, 6.45) is 0.474. The maximum atomic E-state index is 11.5. The molecule has 6 heteroatoms. The molecule has 1 unspecified atom stereocenters. The number of aromatic nitrogens is 1. The van der Waals surface area contributed by atoms with Gasteiger partial charge in [-0.3, -0.25) is 0 Å². The molecule has 0 aromatic carbocycles. The van der Waals surface area contributed by atoms with Crippen molar-refractivity contribution in [3.05, 3.63) is 12.1 Å². The molecule has 0 saturated carbocycles. The molecule has 4 N–H and O–H groups in total. The van der Waals surface area contributed by atoms with Crippen LogP contribution >= 0.6 is 0 Å². The highest BCUT2D eigenvalue weighted by Crippen LogP contribution is 2.19. The molecule has 90 valence electrons. The van der Waals surface area contributed by atoms with Gasteiger partial charge in [0.1, 0.15) is 6.04 Å². The van der Waals surface area contributed by atoms with Gasteiger partial charge in [-0.25, -0.2) is 4.79 Å².